The third kappa shape index (κ3) is 6.58. The summed E-state index contributed by atoms with van der Waals surface area (Å²) in [6, 6.07) is 6.41. The molecule has 0 aromatic heterocycles. The van der Waals surface area contributed by atoms with Crippen molar-refractivity contribution in [2.24, 2.45) is 10.4 Å². The summed E-state index contributed by atoms with van der Waals surface area (Å²) in [5.74, 6) is 0.478. The largest absolute Gasteiger partial charge is 0.367 e. The SMILES string of the molecule is CCNC(=O)C(C)(C)CNC(=NC)N1CC(C)OC(c2ccc(F)cc2)C1.I. The van der Waals surface area contributed by atoms with Gasteiger partial charge in [-0.05, 0) is 45.4 Å². The van der Waals surface area contributed by atoms with Crippen molar-refractivity contribution in [1.29, 1.82) is 0 Å². The first kappa shape index (κ1) is 24.6. The van der Waals surface area contributed by atoms with E-state index in [1.54, 1.807) is 19.2 Å². The van der Waals surface area contributed by atoms with E-state index >= 15 is 0 Å². The van der Waals surface area contributed by atoms with Gasteiger partial charge in [0, 0.05) is 26.7 Å². The minimum atomic E-state index is -0.555. The van der Waals surface area contributed by atoms with Crippen molar-refractivity contribution < 1.29 is 13.9 Å². The van der Waals surface area contributed by atoms with Gasteiger partial charge in [0.2, 0.25) is 5.91 Å². The van der Waals surface area contributed by atoms with E-state index in [0.29, 0.717) is 26.2 Å². The molecule has 0 spiro atoms. The van der Waals surface area contributed by atoms with Crippen LogP contribution in [0.3, 0.4) is 0 Å². The Morgan fingerprint density at radius 2 is 1.93 bits per heavy atom. The first-order valence-electron chi connectivity index (χ1n) is 9.41. The molecule has 2 atom stereocenters. The summed E-state index contributed by atoms with van der Waals surface area (Å²) < 4.78 is 19.3. The minimum Gasteiger partial charge on any atom is -0.367 e. The van der Waals surface area contributed by atoms with Gasteiger partial charge < -0.3 is 20.3 Å². The number of nitrogens with zero attached hydrogens (tertiary/aromatic N) is 2. The molecule has 1 aliphatic rings. The number of halogens is 2. The summed E-state index contributed by atoms with van der Waals surface area (Å²) in [5, 5.41) is 6.18. The first-order valence-corrected chi connectivity index (χ1v) is 9.41. The molecule has 0 bridgehead atoms. The summed E-state index contributed by atoms with van der Waals surface area (Å²) >= 11 is 0. The Labute approximate surface area is 184 Å². The van der Waals surface area contributed by atoms with Gasteiger partial charge in [-0.15, -0.1) is 24.0 Å². The van der Waals surface area contributed by atoms with Crippen molar-refractivity contribution >= 4 is 35.8 Å². The van der Waals surface area contributed by atoms with Gasteiger partial charge in [0.1, 0.15) is 11.9 Å². The second-order valence-electron chi connectivity index (χ2n) is 7.54. The lowest BCUT2D eigenvalue weighted by atomic mass is 9.92. The Morgan fingerprint density at radius 1 is 1.29 bits per heavy atom. The molecule has 0 saturated carbocycles. The van der Waals surface area contributed by atoms with E-state index in [0.717, 1.165) is 11.5 Å². The molecule has 1 aliphatic heterocycles. The second-order valence-corrected chi connectivity index (χ2v) is 7.54. The van der Waals surface area contributed by atoms with Crippen molar-refractivity contribution in [2.75, 3.05) is 33.2 Å². The van der Waals surface area contributed by atoms with Crippen LogP contribution in [0.5, 0.6) is 0 Å². The van der Waals surface area contributed by atoms with Gasteiger partial charge in [-0.3, -0.25) is 9.79 Å². The lowest BCUT2D eigenvalue weighted by Gasteiger charge is -2.39. The Hall–Kier alpha value is -1.42. The van der Waals surface area contributed by atoms with Gasteiger partial charge in [0.15, 0.2) is 5.96 Å². The zero-order valence-electron chi connectivity index (χ0n) is 17.3. The Kier molecular flexibility index (Phi) is 9.62. The van der Waals surface area contributed by atoms with Crippen molar-refractivity contribution in [3.8, 4) is 0 Å². The number of aliphatic imine (C=N–C) groups is 1. The summed E-state index contributed by atoms with van der Waals surface area (Å²) in [6.07, 6.45) is -0.159. The van der Waals surface area contributed by atoms with E-state index in [2.05, 4.69) is 20.5 Å². The van der Waals surface area contributed by atoms with Crippen LogP contribution in [0.25, 0.3) is 0 Å². The Bertz CT molecular complexity index is 667. The number of hydrogen-bond acceptors (Lipinski definition) is 3. The third-order valence-corrected chi connectivity index (χ3v) is 4.65. The molecule has 28 heavy (non-hydrogen) atoms. The molecule has 0 radical (unpaired) electrons. The molecule has 8 heteroatoms. The maximum atomic E-state index is 13.2. The molecular formula is C20H32FIN4O2. The van der Waals surface area contributed by atoms with Crippen LogP contribution in [0.2, 0.25) is 0 Å². The van der Waals surface area contributed by atoms with Crippen LogP contribution in [0.15, 0.2) is 29.3 Å². The van der Waals surface area contributed by atoms with Crippen molar-refractivity contribution in [1.82, 2.24) is 15.5 Å². The zero-order valence-corrected chi connectivity index (χ0v) is 19.6. The van der Waals surface area contributed by atoms with Crippen LogP contribution >= 0.6 is 24.0 Å². The molecule has 1 saturated heterocycles. The maximum Gasteiger partial charge on any atom is 0.227 e. The maximum absolute atomic E-state index is 13.2. The predicted molar refractivity (Wildman–Crippen MR) is 121 cm³/mol. The van der Waals surface area contributed by atoms with E-state index in [-0.39, 0.29) is 47.9 Å². The van der Waals surface area contributed by atoms with Crippen molar-refractivity contribution in [3.05, 3.63) is 35.6 Å². The summed E-state index contributed by atoms with van der Waals surface area (Å²) in [4.78, 5) is 18.7. The molecule has 6 nitrogen and oxygen atoms in total. The highest BCUT2D eigenvalue weighted by atomic mass is 127. The van der Waals surface area contributed by atoms with E-state index < -0.39 is 5.41 Å². The van der Waals surface area contributed by atoms with E-state index in [9.17, 15) is 9.18 Å². The zero-order chi connectivity index (χ0) is 20.0. The van der Waals surface area contributed by atoms with E-state index in [1.807, 2.05) is 27.7 Å². The van der Waals surface area contributed by atoms with Crippen molar-refractivity contribution in [2.45, 2.75) is 39.9 Å². The Balaban J connectivity index is 0.00000392. The molecule has 2 N–H and O–H groups in total. The average Bonchev–Trinajstić information content (AvgIpc) is 2.62. The van der Waals surface area contributed by atoms with Gasteiger partial charge >= 0.3 is 0 Å². The summed E-state index contributed by atoms with van der Waals surface area (Å²) in [6.45, 7) is 10.1. The van der Waals surface area contributed by atoms with Crippen LogP contribution in [0, 0.1) is 11.2 Å². The number of carbonyl (C=O) groups is 1. The number of morpholine rings is 1. The second kappa shape index (κ2) is 10.9. The fraction of sp³-hybridized carbons (Fsp3) is 0.600. The third-order valence-electron chi connectivity index (χ3n) is 4.65. The number of carbonyl (C=O) groups excluding carboxylic acids is 1. The molecule has 1 amide bonds. The van der Waals surface area contributed by atoms with Gasteiger partial charge in [0.25, 0.3) is 0 Å². The smallest absolute Gasteiger partial charge is 0.227 e. The van der Waals surface area contributed by atoms with Crippen molar-refractivity contribution in [3.63, 3.8) is 0 Å². The van der Waals surface area contributed by atoms with Gasteiger partial charge in [-0.25, -0.2) is 4.39 Å². The first-order chi connectivity index (χ1) is 12.8. The van der Waals surface area contributed by atoms with Gasteiger partial charge in [-0.1, -0.05) is 12.1 Å². The fourth-order valence-electron chi connectivity index (χ4n) is 3.10. The standard InChI is InChI=1S/C20H31FN4O2.HI/c1-6-23-18(26)20(3,4)13-24-19(22-5)25-11-14(2)27-17(12-25)15-7-9-16(21)10-8-15;/h7-10,14,17H,6,11-13H2,1-5H3,(H,22,24)(H,23,26);1H. The van der Waals surface area contributed by atoms with Crippen LogP contribution in [0.1, 0.15) is 39.4 Å². The summed E-state index contributed by atoms with van der Waals surface area (Å²) in [5.41, 5.74) is 0.381. The topological polar surface area (TPSA) is 66.0 Å². The molecule has 1 aromatic carbocycles. The highest BCUT2D eigenvalue weighted by Crippen LogP contribution is 2.25. The molecule has 1 fully saturated rings. The number of hydrogen-bond donors (Lipinski definition) is 2. The normalized spacial score (nSPS) is 20.4. The van der Waals surface area contributed by atoms with Crippen LogP contribution < -0.4 is 10.6 Å². The fourth-order valence-corrected chi connectivity index (χ4v) is 3.10. The van der Waals surface area contributed by atoms with E-state index in [1.165, 1.54) is 12.1 Å². The van der Waals surface area contributed by atoms with E-state index in [4.69, 9.17) is 4.74 Å². The monoisotopic (exact) mass is 506 g/mol. The highest BCUT2D eigenvalue weighted by molar-refractivity contribution is 14.0. The molecule has 2 rings (SSSR count). The highest BCUT2D eigenvalue weighted by Gasteiger charge is 2.31. The molecule has 2 unspecified atom stereocenters. The van der Waals surface area contributed by atoms with Gasteiger partial charge in [-0.2, -0.15) is 0 Å². The lowest BCUT2D eigenvalue weighted by molar-refractivity contribution is -0.128. The number of ether oxygens (including phenoxy) is 1. The van der Waals surface area contributed by atoms with Crippen LogP contribution in [-0.2, 0) is 9.53 Å². The van der Waals surface area contributed by atoms with Gasteiger partial charge in [0.05, 0.1) is 18.1 Å². The molecule has 0 aliphatic carbocycles. The minimum absolute atomic E-state index is 0. The number of amides is 1. The molecular weight excluding hydrogens is 474 g/mol. The number of benzene rings is 1. The quantitative estimate of drug-likeness (QED) is 0.366. The molecule has 1 aromatic rings. The Morgan fingerprint density at radius 3 is 2.50 bits per heavy atom. The lowest BCUT2D eigenvalue weighted by Crippen LogP contribution is -2.53. The molecule has 158 valence electrons. The summed E-state index contributed by atoms with van der Waals surface area (Å²) in [7, 11) is 1.73. The predicted octanol–water partition coefficient (Wildman–Crippen LogP) is 2.94. The molecule has 1 heterocycles. The number of rotatable bonds is 5. The number of nitrogens with one attached hydrogen (secondary N) is 2. The number of guanidine groups is 1. The van der Waals surface area contributed by atoms with Crippen LogP contribution in [-0.4, -0.2) is 56.1 Å². The average molecular weight is 506 g/mol. The van der Waals surface area contributed by atoms with Crippen LogP contribution in [0.4, 0.5) is 4.39 Å².